The minimum atomic E-state index is -0.472. The summed E-state index contributed by atoms with van der Waals surface area (Å²) in [7, 11) is 1.34. The smallest absolute Gasteiger partial charge is 0.322 e. The highest BCUT2D eigenvalue weighted by Crippen LogP contribution is 2.00. The first-order valence-electron chi connectivity index (χ1n) is 3.66. The Morgan fingerprint density at radius 1 is 1.82 bits per heavy atom. The highest BCUT2D eigenvalue weighted by atomic mass is 16.5. The Morgan fingerprint density at radius 2 is 2.45 bits per heavy atom. The predicted octanol–water partition coefficient (Wildman–Crippen LogP) is 0.843. The molecule has 0 amide bonds. The van der Waals surface area contributed by atoms with Crippen molar-refractivity contribution in [2.45, 2.75) is 25.3 Å². The molecule has 3 nitrogen and oxygen atoms in total. The summed E-state index contributed by atoms with van der Waals surface area (Å²) >= 11 is 0. The average molecular weight is 157 g/mol. The van der Waals surface area contributed by atoms with Crippen LogP contribution < -0.4 is 5.73 Å². The Labute approximate surface area is 67.2 Å². The number of methoxy groups -OCH3 is 1. The highest BCUT2D eigenvalue weighted by molar-refractivity contribution is 5.75. The van der Waals surface area contributed by atoms with Gasteiger partial charge in [0.1, 0.15) is 6.04 Å². The molecule has 0 aromatic rings. The number of esters is 1. The van der Waals surface area contributed by atoms with Crippen LogP contribution in [0, 0.1) is 0 Å². The summed E-state index contributed by atoms with van der Waals surface area (Å²) < 4.78 is 4.45. The number of hydrogen-bond donors (Lipinski definition) is 1. The maximum atomic E-state index is 10.7. The number of unbranched alkanes of at least 4 members (excludes halogenated alkanes) is 1. The second-order valence-corrected chi connectivity index (χ2v) is 2.35. The predicted molar refractivity (Wildman–Crippen MR) is 44.0 cm³/mol. The number of carbonyl (C=O) groups is 1. The molecule has 0 spiro atoms. The summed E-state index contributed by atoms with van der Waals surface area (Å²) in [6, 6.07) is -0.472. The van der Waals surface area contributed by atoms with E-state index in [0.29, 0.717) is 6.42 Å². The summed E-state index contributed by atoms with van der Waals surface area (Å²) in [6.07, 6.45) is 4.26. The Morgan fingerprint density at radius 3 is 2.91 bits per heavy atom. The number of rotatable bonds is 5. The number of nitrogens with two attached hydrogens (primary N) is 1. The Bertz CT molecular complexity index is 134. The van der Waals surface area contributed by atoms with Crippen molar-refractivity contribution in [3.05, 3.63) is 12.7 Å². The molecule has 0 aromatic heterocycles. The highest BCUT2D eigenvalue weighted by Gasteiger charge is 2.11. The van der Waals surface area contributed by atoms with Crippen molar-refractivity contribution >= 4 is 5.97 Å². The van der Waals surface area contributed by atoms with Crippen LogP contribution in [0.5, 0.6) is 0 Å². The van der Waals surface area contributed by atoms with Gasteiger partial charge >= 0.3 is 5.97 Å². The topological polar surface area (TPSA) is 52.3 Å². The standard InChI is InChI=1S/C8H15NO2/c1-3-4-5-6-7(9)8(10)11-2/h3,7H,1,4-6,9H2,2H3/t7-/m0/s1. The van der Waals surface area contributed by atoms with Crippen molar-refractivity contribution in [2.75, 3.05) is 7.11 Å². The van der Waals surface area contributed by atoms with Gasteiger partial charge < -0.3 is 10.5 Å². The maximum Gasteiger partial charge on any atom is 0.322 e. The molecule has 11 heavy (non-hydrogen) atoms. The third-order valence-corrected chi connectivity index (χ3v) is 1.43. The quantitative estimate of drug-likeness (QED) is 0.365. The lowest BCUT2D eigenvalue weighted by molar-refractivity contribution is -0.142. The molecule has 1 atom stereocenters. The second kappa shape index (κ2) is 5.92. The summed E-state index contributed by atoms with van der Waals surface area (Å²) in [4.78, 5) is 10.7. The first kappa shape index (κ1) is 10.2. The molecule has 0 unspecified atom stereocenters. The summed E-state index contributed by atoms with van der Waals surface area (Å²) in [5, 5.41) is 0. The van der Waals surface area contributed by atoms with Crippen LogP contribution in [0.2, 0.25) is 0 Å². The van der Waals surface area contributed by atoms with E-state index in [1.54, 1.807) is 0 Å². The fourth-order valence-corrected chi connectivity index (χ4v) is 0.751. The van der Waals surface area contributed by atoms with E-state index in [1.807, 2.05) is 6.08 Å². The van der Waals surface area contributed by atoms with Gasteiger partial charge in [0, 0.05) is 0 Å². The van der Waals surface area contributed by atoms with Crippen LogP contribution in [0.25, 0.3) is 0 Å². The second-order valence-electron chi connectivity index (χ2n) is 2.35. The van der Waals surface area contributed by atoms with Gasteiger partial charge in [-0.15, -0.1) is 6.58 Å². The van der Waals surface area contributed by atoms with Gasteiger partial charge in [-0.3, -0.25) is 4.79 Å². The molecule has 0 aliphatic heterocycles. The van der Waals surface area contributed by atoms with Crippen molar-refractivity contribution in [3.8, 4) is 0 Å². The summed E-state index contributed by atoms with van der Waals surface area (Å²) in [5.41, 5.74) is 5.46. The van der Waals surface area contributed by atoms with E-state index in [1.165, 1.54) is 7.11 Å². The van der Waals surface area contributed by atoms with Crippen molar-refractivity contribution in [1.29, 1.82) is 0 Å². The molecule has 0 heterocycles. The number of allylic oxidation sites excluding steroid dienone is 1. The molecule has 0 bridgehead atoms. The number of hydrogen-bond acceptors (Lipinski definition) is 3. The molecule has 0 aliphatic carbocycles. The van der Waals surface area contributed by atoms with Gasteiger partial charge in [-0.25, -0.2) is 0 Å². The minimum absolute atomic E-state index is 0.339. The first-order valence-corrected chi connectivity index (χ1v) is 3.66. The summed E-state index contributed by atoms with van der Waals surface area (Å²) in [5.74, 6) is -0.339. The van der Waals surface area contributed by atoms with E-state index >= 15 is 0 Å². The largest absolute Gasteiger partial charge is 0.468 e. The van der Waals surface area contributed by atoms with E-state index in [4.69, 9.17) is 5.73 Å². The van der Waals surface area contributed by atoms with Crippen LogP contribution in [0.4, 0.5) is 0 Å². The molecule has 0 radical (unpaired) electrons. The molecular weight excluding hydrogens is 142 g/mol. The molecule has 64 valence electrons. The monoisotopic (exact) mass is 157 g/mol. The third kappa shape index (κ3) is 4.56. The minimum Gasteiger partial charge on any atom is -0.468 e. The van der Waals surface area contributed by atoms with Crippen molar-refractivity contribution in [2.24, 2.45) is 5.73 Å². The molecule has 0 rings (SSSR count). The van der Waals surface area contributed by atoms with Gasteiger partial charge in [0.05, 0.1) is 7.11 Å². The maximum absolute atomic E-state index is 10.7. The van der Waals surface area contributed by atoms with Gasteiger partial charge in [-0.1, -0.05) is 6.08 Å². The van der Waals surface area contributed by atoms with Crippen LogP contribution in [0.1, 0.15) is 19.3 Å². The fourth-order valence-electron chi connectivity index (χ4n) is 0.751. The van der Waals surface area contributed by atoms with Gasteiger partial charge in [0.15, 0.2) is 0 Å². The zero-order valence-corrected chi connectivity index (χ0v) is 6.88. The van der Waals surface area contributed by atoms with E-state index in [-0.39, 0.29) is 5.97 Å². The molecule has 0 fully saturated rings. The fraction of sp³-hybridized carbons (Fsp3) is 0.625. The number of ether oxygens (including phenoxy) is 1. The zero-order valence-electron chi connectivity index (χ0n) is 6.88. The van der Waals surface area contributed by atoms with Crippen LogP contribution in [0.3, 0.4) is 0 Å². The molecule has 2 N–H and O–H groups in total. The molecule has 0 saturated carbocycles. The van der Waals surface area contributed by atoms with Crippen LogP contribution >= 0.6 is 0 Å². The zero-order chi connectivity index (χ0) is 8.69. The van der Waals surface area contributed by atoms with Crippen LogP contribution in [0.15, 0.2) is 12.7 Å². The normalized spacial score (nSPS) is 12.2. The van der Waals surface area contributed by atoms with Crippen molar-refractivity contribution in [1.82, 2.24) is 0 Å². The van der Waals surface area contributed by atoms with Gasteiger partial charge in [-0.2, -0.15) is 0 Å². The van der Waals surface area contributed by atoms with E-state index in [2.05, 4.69) is 11.3 Å². The molecule has 0 aliphatic rings. The molecular formula is C8H15NO2. The van der Waals surface area contributed by atoms with Gasteiger partial charge in [0.2, 0.25) is 0 Å². The Hall–Kier alpha value is -0.830. The van der Waals surface area contributed by atoms with Gasteiger partial charge in [0.25, 0.3) is 0 Å². The Balaban J connectivity index is 3.43. The van der Waals surface area contributed by atoms with Gasteiger partial charge in [-0.05, 0) is 19.3 Å². The lowest BCUT2D eigenvalue weighted by atomic mass is 10.1. The molecule has 0 aromatic carbocycles. The molecule has 0 saturated heterocycles. The van der Waals surface area contributed by atoms with E-state index < -0.39 is 6.04 Å². The van der Waals surface area contributed by atoms with E-state index in [0.717, 1.165) is 12.8 Å². The van der Waals surface area contributed by atoms with Crippen LogP contribution in [-0.4, -0.2) is 19.1 Å². The third-order valence-electron chi connectivity index (χ3n) is 1.43. The molecule has 3 heteroatoms. The first-order chi connectivity index (χ1) is 5.22. The number of carbonyl (C=O) groups excluding carboxylic acids is 1. The summed E-state index contributed by atoms with van der Waals surface area (Å²) in [6.45, 7) is 3.57. The van der Waals surface area contributed by atoms with Crippen molar-refractivity contribution < 1.29 is 9.53 Å². The van der Waals surface area contributed by atoms with Crippen molar-refractivity contribution in [3.63, 3.8) is 0 Å². The lowest BCUT2D eigenvalue weighted by Gasteiger charge is -2.06. The van der Waals surface area contributed by atoms with E-state index in [9.17, 15) is 4.79 Å². The lowest BCUT2D eigenvalue weighted by Crippen LogP contribution is -2.31. The SMILES string of the molecule is C=CCCC[C@H](N)C(=O)OC. The average Bonchev–Trinajstić information content (AvgIpc) is 2.03. The van der Waals surface area contributed by atoms with Crippen LogP contribution in [-0.2, 0) is 9.53 Å². The Kier molecular flexibility index (Phi) is 5.47.